The Hall–Kier alpha value is -5.95. The van der Waals surface area contributed by atoms with E-state index in [1.165, 1.54) is 12.1 Å². The van der Waals surface area contributed by atoms with Crippen LogP contribution in [0.4, 0.5) is 11.4 Å². The van der Waals surface area contributed by atoms with Gasteiger partial charge < -0.3 is 25.2 Å². The normalized spacial score (nSPS) is 21.6. The third-order valence-electron chi connectivity index (χ3n) is 15.8. The molecule has 0 aliphatic carbocycles. The van der Waals surface area contributed by atoms with Crippen LogP contribution in [0.5, 0.6) is 0 Å². The van der Waals surface area contributed by atoms with Gasteiger partial charge in [0.2, 0.25) is 17.5 Å². The number of nitrogens with one attached hydrogen (secondary N) is 2. The van der Waals surface area contributed by atoms with Crippen molar-refractivity contribution in [2.75, 3.05) is 36.8 Å². The lowest BCUT2D eigenvalue weighted by Gasteiger charge is -2.31. The van der Waals surface area contributed by atoms with Crippen molar-refractivity contribution in [2.45, 2.75) is 147 Å². The van der Waals surface area contributed by atoms with Crippen molar-refractivity contribution in [3.8, 4) is 0 Å². The molecule has 2 unspecified atom stereocenters. The first kappa shape index (κ1) is 65.6. The molecule has 0 saturated carbocycles. The van der Waals surface area contributed by atoms with E-state index in [9.17, 15) is 79.2 Å². The second-order valence-electron chi connectivity index (χ2n) is 22.3. The molecule has 7 rings (SSSR count). The fourth-order valence-corrected chi connectivity index (χ4v) is 15.0. The van der Waals surface area contributed by atoms with Gasteiger partial charge in [-0.05, 0) is 130 Å². The quantitative estimate of drug-likeness (QED) is 0.0365. The molecule has 4 aromatic rings. The first-order valence-electron chi connectivity index (χ1n) is 27.4. The Bertz CT molecular complexity index is 3990. The number of benzene rings is 4. The van der Waals surface area contributed by atoms with Gasteiger partial charge in [-0.15, -0.1) is 0 Å². The predicted molar refractivity (Wildman–Crippen MR) is 312 cm³/mol. The summed E-state index contributed by atoms with van der Waals surface area (Å²) in [4.78, 5) is 36.2. The molecule has 84 heavy (non-hydrogen) atoms. The molecule has 3 heterocycles. The van der Waals surface area contributed by atoms with Crippen molar-refractivity contribution < 1.29 is 88.9 Å². The van der Waals surface area contributed by atoms with Gasteiger partial charge in [0, 0.05) is 90.6 Å². The molecule has 0 fully saturated rings. The number of carbonyl (C=O) groups excluding carboxylic acids is 2. The number of nitrogens with zero attached hydrogens (tertiary/aromatic N) is 2. The Balaban J connectivity index is 1.37. The van der Waals surface area contributed by atoms with Crippen LogP contribution in [-0.4, -0.2) is 130 Å². The molecule has 4 aromatic carbocycles. The molecule has 0 aromatic heterocycles. The molecule has 7 N–H and O–H groups in total. The Labute approximate surface area is 489 Å². The first-order chi connectivity index (χ1) is 39.1. The van der Waals surface area contributed by atoms with Crippen LogP contribution < -0.4 is 15.5 Å². The van der Waals surface area contributed by atoms with Crippen molar-refractivity contribution in [2.24, 2.45) is 5.92 Å². The fraction of sp³-hybridized carbons (Fsp3) is 0.464. The summed E-state index contributed by atoms with van der Waals surface area (Å²) in [5.74, 6) is -2.21. The van der Waals surface area contributed by atoms with Crippen molar-refractivity contribution in [1.29, 1.82) is 0 Å². The van der Waals surface area contributed by atoms with Gasteiger partial charge in [0.15, 0.2) is 5.71 Å². The van der Waals surface area contributed by atoms with E-state index in [-0.39, 0.29) is 91.0 Å². The molecule has 23 nitrogen and oxygen atoms in total. The van der Waals surface area contributed by atoms with Crippen LogP contribution in [0.2, 0.25) is 0 Å². The number of amides is 2. The van der Waals surface area contributed by atoms with E-state index in [0.717, 1.165) is 12.1 Å². The van der Waals surface area contributed by atoms with Crippen LogP contribution in [0.25, 0.3) is 21.5 Å². The molecule has 0 radical (unpaired) electrons. The fourth-order valence-electron chi connectivity index (χ4n) is 11.9. The van der Waals surface area contributed by atoms with Gasteiger partial charge in [-0.2, -0.15) is 38.2 Å². The topological polar surface area (TPSA) is 376 Å². The van der Waals surface area contributed by atoms with Crippen LogP contribution >= 0.6 is 0 Å². The highest BCUT2D eigenvalue weighted by Crippen LogP contribution is 2.54. The number of carboxylic acids is 1. The Morgan fingerprint density at radius 2 is 1.25 bits per heavy atom. The van der Waals surface area contributed by atoms with E-state index in [4.69, 9.17) is 5.11 Å². The zero-order chi connectivity index (χ0) is 61.8. The number of anilines is 1. The smallest absolute Gasteiger partial charge is 0.303 e. The van der Waals surface area contributed by atoms with E-state index in [0.29, 0.717) is 117 Å². The predicted octanol–water partition coefficient (Wildman–Crippen LogP) is 7.47. The number of hydrogen-bond donors (Lipinski definition) is 7. The number of fused-ring (bicyclic) bond motifs is 9. The zero-order valence-corrected chi connectivity index (χ0v) is 50.7. The van der Waals surface area contributed by atoms with E-state index < -0.39 is 92.7 Å². The highest BCUT2D eigenvalue weighted by atomic mass is 32.2. The third kappa shape index (κ3) is 15.5. The molecular weight excluding hydrogens is 1190 g/mol. The van der Waals surface area contributed by atoms with Gasteiger partial charge in [-0.1, -0.05) is 50.0 Å². The highest BCUT2D eigenvalue weighted by molar-refractivity contribution is 7.87. The largest absolute Gasteiger partial charge is 0.744 e. The van der Waals surface area contributed by atoms with E-state index in [2.05, 4.69) is 10.6 Å². The van der Waals surface area contributed by atoms with Gasteiger partial charge in [0.25, 0.3) is 40.5 Å². The van der Waals surface area contributed by atoms with Crippen LogP contribution in [0, 0.1) is 5.92 Å². The van der Waals surface area contributed by atoms with Gasteiger partial charge in [0.1, 0.15) is 21.6 Å². The van der Waals surface area contributed by atoms with Gasteiger partial charge >= 0.3 is 5.97 Å². The van der Waals surface area contributed by atoms with Gasteiger partial charge in [-0.25, -0.2) is 8.42 Å². The van der Waals surface area contributed by atoms with Gasteiger partial charge in [-0.3, -0.25) is 32.6 Å². The number of hydrogen-bond acceptors (Lipinski definition) is 15. The highest BCUT2D eigenvalue weighted by Gasteiger charge is 2.47. The molecule has 458 valence electrons. The standard InChI is InChI=1S/C56H70N4O19S5/c1-55(2)48-18-9-5-10-19-49-56(3,54-43-32-39(82(71,72)73)34-47(84(77,78)79)41(43)24-26-45(54)60(49)29-16-30-80(65,66)67)27-14-6-11-20-50(61)57-35-37(17-8-4-13-22-52(63)64)36-58-51(62)21-12-7-15-28-59(48)44-25-23-40-42(53(44)55)31-38(81(68,69)70)33-46(40)83(74,75)76/h5,9-10,18-19,23-26,31-34,37H,4,6-8,11-17,20-22,27-30,35-36H2,1-3H3,(H7-,57,58,61,62,63,64,65,66,67,68,69,70,71,72,73,74,75,76,77,78,79). The number of unbranched alkanes of at least 4 members (excludes halogenated alkanes) is 2. The molecule has 0 bridgehead atoms. The summed E-state index contributed by atoms with van der Waals surface area (Å²) < 4.78 is 182. The van der Waals surface area contributed by atoms with E-state index in [1.54, 1.807) is 47.4 Å². The van der Waals surface area contributed by atoms with Crippen LogP contribution in [0.1, 0.15) is 128 Å². The number of aliphatic carboxylic acids is 1. The molecule has 0 spiro atoms. The van der Waals surface area contributed by atoms with E-state index in [1.807, 2.05) is 25.3 Å². The molecule has 2 amide bonds. The van der Waals surface area contributed by atoms with Crippen molar-refractivity contribution in [3.63, 3.8) is 0 Å². The Morgan fingerprint density at radius 1 is 0.667 bits per heavy atom. The molecule has 3 aliphatic rings. The summed E-state index contributed by atoms with van der Waals surface area (Å²) in [7, 11) is -25.1. The second-order valence-corrected chi connectivity index (χ2v) is 29.4. The minimum atomic E-state index is -5.30. The summed E-state index contributed by atoms with van der Waals surface area (Å²) in [5, 5.41) is 15.0. The summed E-state index contributed by atoms with van der Waals surface area (Å²) in [6.07, 6.45) is 14.1. The van der Waals surface area contributed by atoms with Crippen LogP contribution in [0.15, 0.2) is 104 Å². The summed E-state index contributed by atoms with van der Waals surface area (Å²) in [5.41, 5.74) is 0.590. The Morgan fingerprint density at radius 3 is 1.83 bits per heavy atom. The van der Waals surface area contributed by atoms with Gasteiger partial charge in [0.05, 0.1) is 25.9 Å². The lowest BCUT2D eigenvalue weighted by Crippen LogP contribution is -2.36. The summed E-state index contributed by atoms with van der Waals surface area (Å²) in [6, 6.07) is 9.37. The minimum Gasteiger partial charge on any atom is -0.744 e. The molecule has 0 saturated heterocycles. The number of allylic oxidation sites excluding steroid dienone is 6. The van der Waals surface area contributed by atoms with Crippen molar-refractivity contribution >= 4 is 107 Å². The minimum absolute atomic E-state index is 0.0109. The molecular formula is C56H70N4O19S5. The Kier molecular flexibility index (Phi) is 20.3. The van der Waals surface area contributed by atoms with E-state index >= 15 is 0 Å². The SMILES string of the molecule is CC1(C)C2=[N+](CCCCCC(=O)NCC(CCCCCC(=O)O)CNC(=O)CCCCCC3(C)/C(=C/C=C/C=C/2)N(CCCS(=O)(=O)O)c2ccc4c(S(=O)(=O)O)cc(S(=O)(=O)O)cc4c23)c2ccc3c(S(=O)(=O)[O-])cc(S(=O)(=O)O)cc3c21. The third-order valence-corrected chi connectivity index (χ3v) is 20.1. The first-order valence-corrected chi connectivity index (χ1v) is 34.8. The maximum atomic E-state index is 13.4. The summed E-state index contributed by atoms with van der Waals surface area (Å²) >= 11 is 0. The summed E-state index contributed by atoms with van der Waals surface area (Å²) in [6.45, 7) is 6.19. The van der Waals surface area contributed by atoms with Crippen LogP contribution in [-0.2, 0) is 75.8 Å². The van der Waals surface area contributed by atoms with Crippen molar-refractivity contribution in [3.05, 3.63) is 95.7 Å². The lowest BCUT2D eigenvalue weighted by atomic mass is 9.75. The maximum Gasteiger partial charge on any atom is 0.303 e. The average Bonchev–Trinajstić information content (AvgIpc) is 1.53. The van der Waals surface area contributed by atoms with Crippen molar-refractivity contribution in [1.82, 2.24) is 10.6 Å². The lowest BCUT2D eigenvalue weighted by molar-refractivity contribution is -0.438. The molecule has 2 atom stereocenters. The monoisotopic (exact) mass is 1260 g/mol. The molecule has 28 heteroatoms. The maximum absolute atomic E-state index is 13.4. The molecule has 3 aliphatic heterocycles. The number of rotatable bonds is 14. The number of carbonyl (C=O) groups is 3. The zero-order valence-electron chi connectivity index (χ0n) is 46.6. The van der Waals surface area contributed by atoms with Crippen LogP contribution in [0.3, 0.4) is 0 Å². The average molecular weight is 1260 g/mol. The second kappa shape index (κ2) is 25.9. The number of carboxylic acid groups (broad SMARTS) is 1.